The van der Waals surface area contributed by atoms with Crippen molar-refractivity contribution in [3.63, 3.8) is 0 Å². The zero-order valence-electron chi connectivity index (χ0n) is 10.5. The SMILES string of the molecule is Cc1cc(C)c(C2(CC(=O)O)CCO2)cc1C. The molecule has 0 aromatic heterocycles. The van der Waals surface area contributed by atoms with Gasteiger partial charge in [0.15, 0.2) is 0 Å². The minimum Gasteiger partial charge on any atom is -0.481 e. The molecule has 2 rings (SSSR count). The smallest absolute Gasteiger partial charge is 0.306 e. The molecule has 3 nitrogen and oxygen atoms in total. The second kappa shape index (κ2) is 4.15. The first kappa shape index (κ1) is 12.1. The lowest BCUT2D eigenvalue weighted by molar-refractivity contribution is -0.176. The number of benzene rings is 1. The van der Waals surface area contributed by atoms with E-state index in [1.54, 1.807) is 0 Å². The molecule has 1 saturated heterocycles. The van der Waals surface area contributed by atoms with E-state index in [-0.39, 0.29) is 6.42 Å². The molecule has 1 fully saturated rings. The molecule has 1 N–H and O–H groups in total. The molecule has 0 aliphatic carbocycles. The molecule has 17 heavy (non-hydrogen) atoms. The molecule has 3 heteroatoms. The summed E-state index contributed by atoms with van der Waals surface area (Å²) in [5, 5.41) is 9.01. The van der Waals surface area contributed by atoms with Gasteiger partial charge in [-0.25, -0.2) is 0 Å². The summed E-state index contributed by atoms with van der Waals surface area (Å²) in [5.74, 6) is -0.803. The van der Waals surface area contributed by atoms with Crippen LogP contribution in [-0.2, 0) is 15.1 Å². The van der Waals surface area contributed by atoms with Crippen LogP contribution in [0.1, 0.15) is 35.1 Å². The van der Waals surface area contributed by atoms with Gasteiger partial charge in [-0.1, -0.05) is 12.1 Å². The fourth-order valence-corrected chi connectivity index (χ4v) is 2.49. The third kappa shape index (κ3) is 2.07. The van der Waals surface area contributed by atoms with Crippen molar-refractivity contribution >= 4 is 5.97 Å². The maximum Gasteiger partial charge on any atom is 0.306 e. The van der Waals surface area contributed by atoms with E-state index in [9.17, 15) is 4.79 Å². The van der Waals surface area contributed by atoms with Gasteiger partial charge in [0.25, 0.3) is 0 Å². The lowest BCUT2D eigenvalue weighted by Crippen LogP contribution is -2.43. The molecule has 1 heterocycles. The van der Waals surface area contributed by atoms with Gasteiger partial charge >= 0.3 is 5.97 Å². The largest absolute Gasteiger partial charge is 0.481 e. The zero-order valence-corrected chi connectivity index (χ0v) is 10.5. The molecular formula is C14H18O3. The van der Waals surface area contributed by atoms with E-state index in [0.717, 1.165) is 17.5 Å². The van der Waals surface area contributed by atoms with Crippen LogP contribution < -0.4 is 0 Å². The highest BCUT2D eigenvalue weighted by Gasteiger charge is 2.43. The third-order valence-electron chi connectivity index (χ3n) is 3.65. The Morgan fingerprint density at radius 2 is 1.88 bits per heavy atom. The van der Waals surface area contributed by atoms with Crippen LogP contribution in [0.4, 0.5) is 0 Å². The van der Waals surface area contributed by atoms with Crippen molar-refractivity contribution in [2.24, 2.45) is 0 Å². The van der Waals surface area contributed by atoms with Crippen molar-refractivity contribution in [2.75, 3.05) is 6.61 Å². The molecule has 1 atom stereocenters. The molecular weight excluding hydrogens is 216 g/mol. The van der Waals surface area contributed by atoms with E-state index < -0.39 is 11.6 Å². The Kier molecular flexibility index (Phi) is 2.96. The number of aliphatic carboxylic acids is 1. The van der Waals surface area contributed by atoms with Crippen LogP contribution in [0.5, 0.6) is 0 Å². The summed E-state index contributed by atoms with van der Waals surface area (Å²) < 4.78 is 5.61. The third-order valence-corrected chi connectivity index (χ3v) is 3.65. The second-order valence-corrected chi connectivity index (χ2v) is 4.91. The van der Waals surface area contributed by atoms with Gasteiger partial charge in [-0.2, -0.15) is 0 Å². The predicted molar refractivity (Wildman–Crippen MR) is 65.2 cm³/mol. The highest BCUT2D eigenvalue weighted by atomic mass is 16.5. The van der Waals surface area contributed by atoms with Crippen molar-refractivity contribution in [1.29, 1.82) is 0 Å². The molecule has 1 unspecified atom stereocenters. The van der Waals surface area contributed by atoms with Crippen molar-refractivity contribution in [3.8, 4) is 0 Å². The van der Waals surface area contributed by atoms with E-state index in [0.29, 0.717) is 6.61 Å². The predicted octanol–water partition coefficient (Wildman–Crippen LogP) is 2.70. The standard InChI is InChI=1S/C14H18O3/c1-9-6-11(3)12(7-10(9)2)14(4-5-17-14)8-13(15)16/h6-7H,4-5,8H2,1-3H3,(H,15,16). The number of hydrogen-bond donors (Lipinski definition) is 1. The summed E-state index contributed by atoms with van der Waals surface area (Å²) in [6.45, 7) is 6.79. The van der Waals surface area contributed by atoms with Crippen molar-refractivity contribution in [2.45, 2.75) is 39.2 Å². The number of aryl methyl sites for hydroxylation is 3. The first-order valence-corrected chi connectivity index (χ1v) is 5.89. The van der Waals surface area contributed by atoms with E-state index >= 15 is 0 Å². The van der Waals surface area contributed by atoms with Crippen LogP contribution in [0.2, 0.25) is 0 Å². The number of ether oxygens (including phenoxy) is 1. The first-order chi connectivity index (χ1) is 7.94. The van der Waals surface area contributed by atoms with Gasteiger partial charge in [-0.05, 0) is 43.0 Å². The fraction of sp³-hybridized carbons (Fsp3) is 0.500. The van der Waals surface area contributed by atoms with Crippen LogP contribution >= 0.6 is 0 Å². The molecule has 1 aliphatic rings. The van der Waals surface area contributed by atoms with Gasteiger partial charge in [-0.3, -0.25) is 4.79 Å². The summed E-state index contributed by atoms with van der Waals surface area (Å²) >= 11 is 0. The molecule has 0 spiro atoms. The average Bonchev–Trinajstić information content (AvgIpc) is 2.17. The number of hydrogen-bond acceptors (Lipinski definition) is 2. The second-order valence-electron chi connectivity index (χ2n) is 4.91. The topological polar surface area (TPSA) is 46.5 Å². The minimum absolute atomic E-state index is 0.0519. The number of rotatable bonds is 3. The molecule has 1 aliphatic heterocycles. The summed E-state index contributed by atoms with van der Waals surface area (Å²) in [6, 6.07) is 4.18. The van der Waals surface area contributed by atoms with Crippen LogP contribution in [0.25, 0.3) is 0 Å². The van der Waals surface area contributed by atoms with Gasteiger partial charge < -0.3 is 9.84 Å². The number of carbonyl (C=O) groups is 1. The zero-order chi connectivity index (χ0) is 12.6. The lowest BCUT2D eigenvalue weighted by Gasteiger charge is -2.42. The van der Waals surface area contributed by atoms with Crippen molar-refractivity contribution in [1.82, 2.24) is 0 Å². The van der Waals surface area contributed by atoms with Gasteiger partial charge in [0.2, 0.25) is 0 Å². The normalized spacial score (nSPS) is 23.2. The van der Waals surface area contributed by atoms with E-state index in [4.69, 9.17) is 9.84 Å². The number of carboxylic acid groups (broad SMARTS) is 1. The molecule has 0 saturated carbocycles. The lowest BCUT2D eigenvalue weighted by atomic mass is 9.80. The Bertz CT molecular complexity index is 459. The van der Waals surface area contributed by atoms with E-state index in [1.165, 1.54) is 11.1 Å². The average molecular weight is 234 g/mol. The highest BCUT2D eigenvalue weighted by Crippen LogP contribution is 2.42. The fourth-order valence-electron chi connectivity index (χ4n) is 2.49. The van der Waals surface area contributed by atoms with Crippen molar-refractivity contribution < 1.29 is 14.6 Å². The Hall–Kier alpha value is -1.35. The maximum absolute atomic E-state index is 11.0. The Balaban J connectivity index is 2.44. The molecule has 1 aromatic rings. The summed E-state index contributed by atoms with van der Waals surface area (Å²) in [5.41, 5.74) is 3.99. The highest BCUT2D eigenvalue weighted by molar-refractivity contribution is 5.69. The first-order valence-electron chi connectivity index (χ1n) is 5.89. The quantitative estimate of drug-likeness (QED) is 0.874. The number of carboxylic acids is 1. The summed E-state index contributed by atoms with van der Waals surface area (Å²) in [7, 11) is 0. The van der Waals surface area contributed by atoms with Gasteiger partial charge in [0.05, 0.1) is 13.0 Å². The molecule has 0 amide bonds. The van der Waals surface area contributed by atoms with E-state index in [1.807, 2.05) is 13.8 Å². The summed E-state index contributed by atoms with van der Waals surface area (Å²) in [4.78, 5) is 11.0. The van der Waals surface area contributed by atoms with Crippen LogP contribution in [-0.4, -0.2) is 17.7 Å². The van der Waals surface area contributed by atoms with Crippen LogP contribution in [0.3, 0.4) is 0 Å². The van der Waals surface area contributed by atoms with Gasteiger partial charge in [-0.15, -0.1) is 0 Å². The minimum atomic E-state index is -0.803. The van der Waals surface area contributed by atoms with Gasteiger partial charge in [0, 0.05) is 6.42 Å². The molecule has 0 radical (unpaired) electrons. The van der Waals surface area contributed by atoms with Crippen LogP contribution in [0.15, 0.2) is 12.1 Å². The Morgan fingerprint density at radius 1 is 1.29 bits per heavy atom. The van der Waals surface area contributed by atoms with Crippen molar-refractivity contribution in [3.05, 3.63) is 34.4 Å². The molecule has 0 bridgehead atoms. The Labute approximate surface area is 101 Å². The summed E-state index contributed by atoms with van der Waals surface area (Å²) in [6.07, 6.45) is 0.846. The maximum atomic E-state index is 11.0. The Morgan fingerprint density at radius 3 is 2.35 bits per heavy atom. The van der Waals surface area contributed by atoms with Gasteiger partial charge in [0.1, 0.15) is 5.60 Å². The monoisotopic (exact) mass is 234 g/mol. The molecule has 92 valence electrons. The molecule has 1 aromatic carbocycles. The van der Waals surface area contributed by atoms with E-state index in [2.05, 4.69) is 19.1 Å². The van der Waals surface area contributed by atoms with Crippen LogP contribution in [0, 0.1) is 20.8 Å².